The van der Waals surface area contributed by atoms with Gasteiger partial charge < -0.3 is 53.8 Å². The first kappa shape index (κ1) is 51.9. The number of benzene rings is 2. The number of ether oxygens (including phenoxy) is 2. The Bertz CT molecular complexity index is 2070. The number of nitrogens with two attached hydrogens (primary N) is 2. The van der Waals surface area contributed by atoms with E-state index in [1.54, 1.807) is 24.8 Å². The van der Waals surface area contributed by atoms with Crippen LogP contribution in [0.4, 0.5) is 11.6 Å². The zero-order valence-corrected chi connectivity index (χ0v) is 37.9. The van der Waals surface area contributed by atoms with E-state index in [0.29, 0.717) is 24.6 Å². The van der Waals surface area contributed by atoms with Crippen LogP contribution in [0, 0.1) is 0 Å². The lowest BCUT2D eigenvalue weighted by molar-refractivity contribution is -0.933. The molecule has 5 aromatic rings. The second kappa shape index (κ2) is 26.2. The fourth-order valence-corrected chi connectivity index (χ4v) is 7.49. The molecule has 1 saturated heterocycles. The first-order valence-corrected chi connectivity index (χ1v) is 20.5. The Balaban J connectivity index is 0.00000352. The average molecular weight is 945 g/mol. The van der Waals surface area contributed by atoms with Crippen LogP contribution in [-0.2, 0) is 35.5 Å². The van der Waals surface area contributed by atoms with Gasteiger partial charge in [0.05, 0.1) is 32.2 Å². The number of nitrogen functional groups attached to an aromatic ring is 2. The van der Waals surface area contributed by atoms with Crippen molar-refractivity contribution >= 4 is 65.8 Å². The summed E-state index contributed by atoms with van der Waals surface area (Å²) >= 11 is 6.08. The number of carbonyl (C=O) groups excluding carboxylic acids is 3. The van der Waals surface area contributed by atoms with E-state index < -0.39 is 5.91 Å². The number of amides is 3. The fraction of sp³-hybridized carbons (Fsp3) is 0.341. The van der Waals surface area contributed by atoms with Gasteiger partial charge in [0.15, 0.2) is 35.7 Å². The number of rotatable bonds is 20. The van der Waals surface area contributed by atoms with Crippen LogP contribution in [0.1, 0.15) is 58.4 Å². The quantitative estimate of drug-likeness (QED) is 0.0716. The van der Waals surface area contributed by atoms with Gasteiger partial charge in [-0.15, -0.1) is 24.8 Å². The molecule has 4 heterocycles. The summed E-state index contributed by atoms with van der Waals surface area (Å²) in [6.45, 7) is 4.29. The molecule has 0 spiro atoms. The number of aryl methyl sites for hydroxylation is 2. The molecule has 1 aliphatic rings. The van der Waals surface area contributed by atoms with Gasteiger partial charge in [-0.3, -0.25) is 24.4 Å². The molecule has 0 aliphatic carbocycles. The molecule has 338 valence electrons. The Morgan fingerprint density at radius 1 is 0.683 bits per heavy atom. The van der Waals surface area contributed by atoms with Gasteiger partial charge in [-0.1, -0.05) is 35.9 Å². The van der Waals surface area contributed by atoms with Gasteiger partial charge in [0.25, 0.3) is 17.7 Å². The van der Waals surface area contributed by atoms with Gasteiger partial charge in [-0.25, -0.2) is 9.97 Å². The van der Waals surface area contributed by atoms with Crippen LogP contribution >= 0.6 is 36.4 Å². The number of anilines is 2. The molecule has 0 saturated carbocycles. The average Bonchev–Trinajstić information content (AvgIpc) is 3.26. The highest BCUT2D eigenvalue weighted by Crippen LogP contribution is 2.25. The minimum absolute atomic E-state index is 0. The van der Waals surface area contributed by atoms with Crippen molar-refractivity contribution in [2.24, 2.45) is 0 Å². The number of nitrogens with zero attached hydrogens (tertiary/aromatic N) is 5. The number of hydrogen-bond donors (Lipinski definition) is 5. The third kappa shape index (κ3) is 16.6. The van der Waals surface area contributed by atoms with Crippen LogP contribution in [0.25, 0.3) is 0 Å². The van der Waals surface area contributed by atoms with Gasteiger partial charge in [-0.2, -0.15) is 0 Å². The number of carbonyl (C=O) groups is 3. The van der Waals surface area contributed by atoms with Crippen molar-refractivity contribution in [2.45, 2.75) is 57.7 Å². The highest BCUT2D eigenvalue weighted by Gasteiger charge is 2.35. The maximum Gasteiger partial charge on any atom is 0.274 e. The number of aromatic nitrogens is 4. The molecule has 1 atom stereocenters. The van der Waals surface area contributed by atoms with Crippen LogP contribution < -0.4 is 49.3 Å². The van der Waals surface area contributed by atoms with Gasteiger partial charge in [0, 0.05) is 50.7 Å². The van der Waals surface area contributed by atoms with E-state index in [-0.39, 0.29) is 90.8 Å². The minimum atomic E-state index is -0.422. The van der Waals surface area contributed by atoms with Crippen LogP contribution in [0.3, 0.4) is 0 Å². The van der Waals surface area contributed by atoms with Crippen molar-refractivity contribution < 1.29 is 40.7 Å². The molecule has 3 aromatic heterocycles. The molecule has 0 unspecified atom stereocenters. The predicted octanol–water partition coefficient (Wildman–Crippen LogP) is 2.30. The SMILES string of the molecule is Cl.Cl.Nc1nc(N)c(C(=O)N[C@H]2CCC[N+](CCCc3ccc(OCC(=O)NCc4ccncc4)cc3)(CCCc3ccc(OCC(=O)NCc4ccncc4)cc3)C2)nc1Cl.[Cl-]. The van der Waals surface area contributed by atoms with Crippen LogP contribution in [0.5, 0.6) is 11.5 Å². The largest absolute Gasteiger partial charge is 1.00 e. The van der Waals surface area contributed by atoms with E-state index in [1.807, 2.05) is 72.8 Å². The fourth-order valence-electron chi connectivity index (χ4n) is 7.37. The van der Waals surface area contributed by atoms with E-state index in [1.165, 1.54) is 11.1 Å². The summed E-state index contributed by atoms with van der Waals surface area (Å²) in [5, 5.41) is 8.80. The summed E-state index contributed by atoms with van der Waals surface area (Å²) in [6.07, 6.45) is 12.1. The maximum absolute atomic E-state index is 13.3. The molecule has 0 bridgehead atoms. The van der Waals surface area contributed by atoms with E-state index in [0.717, 1.165) is 80.3 Å². The zero-order chi connectivity index (χ0) is 42.2. The number of nitrogens with one attached hydrogen (secondary N) is 3. The molecule has 15 nitrogen and oxygen atoms in total. The Labute approximate surface area is 391 Å². The maximum atomic E-state index is 13.3. The summed E-state index contributed by atoms with van der Waals surface area (Å²) in [7, 11) is 0. The summed E-state index contributed by atoms with van der Waals surface area (Å²) in [5.74, 6) is 0.354. The molecule has 1 fully saturated rings. The lowest BCUT2D eigenvalue weighted by Gasteiger charge is -2.45. The summed E-state index contributed by atoms with van der Waals surface area (Å²) in [4.78, 5) is 54.1. The molecule has 1 aliphatic heterocycles. The standard InChI is InChI=1S/C44H51ClN10O5.3ClH/c45-41-43(47)54-42(46)40(53-41)44(58)52-35-6-3-25-55(28-35,23-1-4-31-7-11-36(12-8-31)59-29-38(56)50-26-33-15-19-48-20-16-33)24-2-5-32-9-13-37(14-10-32)60-30-39(57)51-27-34-17-21-49-22-18-34;;;/h7-22,35H,1-6,23-30H2,(H6-,46,47,50,51,52,54,56,57,58);3*1H/t35-;;;/m0.../s1. The monoisotopic (exact) mass is 942 g/mol. The third-order valence-corrected chi connectivity index (χ3v) is 10.8. The Kier molecular flexibility index (Phi) is 21.6. The highest BCUT2D eigenvalue weighted by molar-refractivity contribution is 6.31. The van der Waals surface area contributed by atoms with Gasteiger partial charge >= 0.3 is 0 Å². The minimum Gasteiger partial charge on any atom is -1.00 e. The van der Waals surface area contributed by atoms with E-state index in [2.05, 4.69) is 35.9 Å². The summed E-state index contributed by atoms with van der Waals surface area (Å²) in [6, 6.07) is 23.1. The molecule has 19 heteroatoms. The lowest BCUT2D eigenvalue weighted by Crippen LogP contribution is -3.00. The Morgan fingerprint density at radius 3 is 1.63 bits per heavy atom. The van der Waals surface area contributed by atoms with E-state index >= 15 is 0 Å². The van der Waals surface area contributed by atoms with Crippen molar-refractivity contribution in [2.75, 3.05) is 50.9 Å². The molecule has 0 radical (unpaired) electrons. The van der Waals surface area contributed by atoms with Gasteiger partial charge in [0.2, 0.25) is 0 Å². The number of piperidine rings is 1. The Hall–Kier alpha value is -5.45. The smallest absolute Gasteiger partial charge is 0.274 e. The molecule has 7 N–H and O–H groups in total. The van der Waals surface area contributed by atoms with Crippen molar-refractivity contribution in [3.05, 3.63) is 131 Å². The Morgan fingerprint density at radius 2 is 1.16 bits per heavy atom. The van der Waals surface area contributed by atoms with Crippen LogP contribution in [-0.4, -0.2) is 87.6 Å². The number of halogens is 4. The third-order valence-electron chi connectivity index (χ3n) is 10.5. The first-order valence-electron chi connectivity index (χ1n) is 20.1. The van der Waals surface area contributed by atoms with Crippen molar-refractivity contribution in [1.82, 2.24) is 35.9 Å². The molecular weight excluding hydrogens is 890 g/mol. The van der Waals surface area contributed by atoms with E-state index in [9.17, 15) is 14.4 Å². The molecule has 3 amide bonds. The second-order valence-corrected chi connectivity index (χ2v) is 15.3. The van der Waals surface area contributed by atoms with Gasteiger partial charge in [-0.05, 0) is 96.5 Å². The first-order chi connectivity index (χ1) is 29.1. The summed E-state index contributed by atoms with van der Waals surface area (Å²) < 4.78 is 12.3. The normalized spacial score (nSPS) is 13.8. The highest BCUT2D eigenvalue weighted by atomic mass is 35.5. The lowest BCUT2D eigenvalue weighted by atomic mass is 9.99. The second-order valence-electron chi connectivity index (χ2n) is 15.0. The topological polar surface area (TPSA) is 209 Å². The molecule has 2 aromatic carbocycles. The summed E-state index contributed by atoms with van der Waals surface area (Å²) in [5.41, 5.74) is 16.0. The van der Waals surface area contributed by atoms with Crippen LogP contribution in [0.15, 0.2) is 97.6 Å². The zero-order valence-electron chi connectivity index (χ0n) is 34.7. The molecular formula is C44H54Cl4N10O5. The van der Waals surface area contributed by atoms with Gasteiger partial charge in [0.1, 0.15) is 11.5 Å². The molecule has 63 heavy (non-hydrogen) atoms. The van der Waals surface area contributed by atoms with Crippen molar-refractivity contribution in [1.29, 1.82) is 0 Å². The number of likely N-dealkylation sites (tertiary alicyclic amines) is 1. The number of quaternary nitrogens is 1. The van der Waals surface area contributed by atoms with E-state index in [4.69, 9.17) is 32.5 Å². The number of pyridine rings is 2. The van der Waals surface area contributed by atoms with Crippen molar-refractivity contribution in [3.63, 3.8) is 0 Å². The van der Waals surface area contributed by atoms with Crippen LogP contribution in [0.2, 0.25) is 5.15 Å². The number of hydrogen-bond acceptors (Lipinski definition) is 11. The van der Waals surface area contributed by atoms with Crippen molar-refractivity contribution in [3.8, 4) is 11.5 Å². The predicted molar refractivity (Wildman–Crippen MR) is 243 cm³/mol. The molecule has 6 rings (SSSR count).